The van der Waals surface area contributed by atoms with Gasteiger partial charge in [-0.25, -0.2) is 0 Å². The summed E-state index contributed by atoms with van der Waals surface area (Å²) in [5.41, 5.74) is 2.51. The minimum atomic E-state index is -0.858. The molecule has 0 aromatic heterocycles. The van der Waals surface area contributed by atoms with E-state index < -0.39 is 16.8 Å². The van der Waals surface area contributed by atoms with E-state index in [0.717, 1.165) is 24.8 Å². The number of fused-ring (bicyclic) bond motifs is 1. The summed E-state index contributed by atoms with van der Waals surface area (Å²) >= 11 is 0. The average Bonchev–Trinajstić information content (AvgIpc) is 3.05. The largest absolute Gasteiger partial charge is 0.481 e. The molecule has 28 heavy (non-hydrogen) atoms. The first-order chi connectivity index (χ1) is 13.3. The van der Waals surface area contributed by atoms with E-state index in [2.05, 4.69) is 64.1 Å². The number of carbonyl (C=O) groups is 1. The van der Waals surface area contributed by atoms with Gasteiger partial charge in [-0.1, -0.05) is 93.5 Å². The topological polar surface area (TPSA) is 37.3 Å². The van der Waals surface area contributed by atoms with Crippen LogP contribution in [0.5, 0.6) is 0 Å². The van der Waals surface area contributed by atoms with Gasteiger partial charge in [0.15, 0.2) is 0 Å². The molecule has 1 aromatic carbocycles. The van der Waals surface area contributed by atoms with Gasteiger partial charge in [0, 0.05) is 11.3 Å². The predicted molar refractivity (Wildman–Crippen MR) is 117 cm³/mol. The fourth-order valence-corrected chi connectivity index (χ4v) is 5.85. The Bertz CT molecular complexity index is 816. The zero-order valence-electron chi connectivity index (χ0n) is 17.9. The lowest BCUT2D eigenvalue weighted by molar-refractivity contribution is -0.159. The van der Waals surface area contributed by atoms with E-state index in [0.29, 0.717) is 11.8 Å². The molecule has 150 valence electrons. The number of allylic oxidation sites excluding steroid dienone is 5. The first kappa shape index (κ1) is 20.6. The Kier molecular flexibility index (Phi) is 5.70. The van der Waals surface area contributed by atoms with Gasteiger partial charge in [-0.3, -0.25) is 4.79 Å². The fraction of sp³-hybridized carbons (Fsp3) is 0.500. The van der Waals surface area contributed by atoms with Gasteiger partial charge in [-0.15, -0.1) is 0 Å². The molecule has 0 fully saturated rings. The van der Waals surface area contributed by atoms with E-state index in [1.807, 2.05) is 25.1 Å². The third-order valence-corrected chi connectivity index (χ3v) is 7.48. The molecular weight excluding hydrogens is 344 g/mol. The van der Waals surface area contributed by atoms with Gasteiger partial charge in [0.05, 0.1) is 5.41 Å². The van der Waals surface area contributed by atoms with Gasteiger partial charge in [-0.05, 0) is 43.6 Å². The lowest BCUT2D eigenvalue weighted by Crippen LogP contribution is -2.54. The van der Waals surface area contributed by atoms with Crippen molar-refractivity contribution in [3.05, 3.63) is 65.3 Å². The molecule has 0 bridgehead atoms. The summed E-state index contributed by atoms with van der Waals surface area (Å²) in [6.07, 6.45) is 11.6. The second kappa shape index (κ2) is 7.73. The van der Waals surface area contributed by atoms with Crippen molar-refractivity contribution < 1.29 is 9.90 Å². The van der Waals surface area contributed by atoms with Crippen LogP contribution in [0.25, 0.3) is 6.08 Å². The number of carboxylic acid groups (broad SMARTS) is 1. The van der Waals surface area contributed by atoms with Crippen molar-refractivity contribution in [1.29, 1.82) is 0 Å². The van der Waals surface area contributed by atoms with Gasteiger partial charge in [-0.2, -0.15) is 0 Å². The van der Waals surface area contributed by atoms with E-state index in [9.17, 15) is 9.90 Å². The van der Waals surface area contributed by atoms with Crippen molar-refractivity contribution in [2.45, 2.75) is 53.9 Å². The molecule has 0 unspecified atom stereocenters. The molecule has 1 aromatic rings. The van der Waals surface area contributed by atoms with Gasteiger partial charge < -0.3 is 5.11 Å². The third kappa shape index (κ3) is 2.98. The van der Waals surface area contributed by atoms with Crippen LogP contribution in [0.15, 0.2) is 59.7 Å². The number of hydrogen-bond donors (Lipinski definition) is 1. The Morgan fingerprint density at radius 2 is 1.75 bits per heavy atom. The quantitative estimate of drug-likeness (QED) is 0.556. The summed E-state index contributed by atoms with van der Waals surface area (Å²) in [6, 6.07) is 10.2. The predicted octanol–water partition coefficient (Wildman–Crippen LogP) is 6.76. The summed E-state index contributed by atoms with van der Waals surface area (Å²) in [5, 5.41) is 10.6. The highest BCUT2D eigenvalue weighted by molar-refractivity contribution is 5.79. The van der Waals surface area contributed by atoms with Gasteiger partial charge in [0.2, 0.25) is 0 Å². The highest BCUT2D eigenvalue weighted by Gasteiger charge is 2.62. The Morgan fingerprint density at radius 3 is 2.29 bits per heavy atom. The lowest BCUT2D eigenvalue weighted by Gasteiger charge is -2.53. The molecule has 0 radical (unpaired) electrons. The maximum absolute atomic E-state index is 12.9. The van der Waals surface area contributed by atoms with Gasteiger partial charge >= 0.3 is 5.97 Å². The molecule has 1 N–H and O–H groups in total. The molecule has 0 amide bonds. The summed E-state index contributed by atoms with van der Waals surface area (Å²) in [6.45, 7) is 10.8. The third-order valence-electron chi connectivity index (χ3n) is 7.48. The van der Waals surface area contributed by atoms with Crippen molar-refractivity contribution >= 4 is 12.0 Å². The SMILES string of the molecule is CCC1=C[C@](C=Cc2ccccc2)(CC)[C@@](C)(C(=O)O)[C@@H]2C(CC)=C[C@H](C)[C@@H]12. The lowest BCUT2D eigenvalue weighted by atomic mass is 9.48. The Labute approximate surface area is 170 Å². The normalized spacial score (nSPS) is 34.8. The fourth-order valence-electron chi connectivity index (χ4n) is 5.85. The molecule has 0 heterocycles. The van der Waals surface area contributed by atoms with Crippen LogP contribution in [-0.2, 0) is 4.79 Å². The molecule has 3 rings (SSSR count). The van der Waals surface area contributed by atoms with Crippen LogP contribution in [0.2, 0.25) is 0 Å². The molecule has 0 spiro atoms. The standard InChI is InChI=1S/C26H34O2/c1-6-20-16-18(4)22-21(7-2)17-26(8-3,25(5,23(20)22)24(27)28)15-14-19-12-10-9-11-13-19/h9-18,22-23H,6-8H2,1-5H3,(H,27,28)/t18-,22-,23+,25+,26+/m0/s1. The smallest absolute Gasteiger partial charge is 0.311 e. The molecular formula is C26H34O2. The zero-order chi connectivity index (χ0) is 20.5. The van der Waals surface area contributed by atoms with Crippen molar-refractivity contribution in [3.63, 3.8) is 0 Å². The van der Waals surface area contributed by atoms with Crippen molar-refractivity contribution in [2.24, 2.45) is 28.6 Å². The van der Waals surface area contributed by atoms with E-state index in [-0.39, 0.29) is 5.92 Å². The van der Waals surface area contributed by atoms with Gasteiger partial charge in [0.25, 0.3) is 0 Å². The first-order valence-electron chi connectivity index (χ1n) is 10.7. The average molecular weight is 379 g/mol. The molecule has 2 aliphatic carbocycles. The highest BCUT2D eigenvalue weighted by atomic mass is 16.4. The van der Waals surface area contributed by atoms with Crippen molar-refractivity contribution in [3.8, 4) is 0 Å². The maximum atomic E-state index is 12.9. The summed E-state index contributed by atoms with van der Waals surface area (Å²) in [4.78, 5) is 12.9. The molecule has 2 nitrogen and oxygen atoms in total. The monoisotopic (exact) mass is 378 g/mol. The second-order valence-electron chi connectivity index (χ2n) is 8.68. The van der Waals surface area contributed by atoms with Gasteiger partial charge in [0.1, 0.15) is 0 Å². The van der Waals surface area contributed by atoms with Crippen LogP contribution in [0.3, 0.4) is 0 Å². The zero-order valence-corrected chi connectivity index (χ0v) is 17.9. The van der Waals surface area contributed by atoms with Crippen LogP contribution in [-0.4, -0.2) is 11.1 Å². The number of aliphatic carboxylic acids is 1. The molecule has 0 aliphatic heterocycles. The second-order valence-corrected chi connectivity index (χ2v) is 8.68. The van der Waals surface area contributed by atoms with Crippen LogP contribution in [0, 0.1) is 28.6 Å². The van der Waals surface area contributed by atoms with Crippen LogP contribution in [0.4, 0.5) is 0 Å². The Morgan fingerprint density at radius 1 is 1.11 bits per heavy atom. The minimum absolute atomic E-state index is 0.0605. The summed E-state index contributed by atoms with van der Waals surface area (Å²) in [7, 11) is 0. The maximum Gasteiger partial charge on any atom is 0.311 e. The van der Waals surface area contributed by atoms with Crippen LogP contribution >= 0.6 is 0 Å². The molecule has 2 heteroatoms. The van der Waals surface area contributed by atoms with Crippen LogP contribution in [0.1, 0.15) is 59.4 Å². The molecule has 2 aliphatic rings. The highest BCUT2D eigenvalue weighted by Crippen LogP contribution is 2.63. The number of hydrogen-bond acceptors (Lipinski definition) is 1. The van der Waals surface area contributed by atoms with Crippen molar-refractivity contribution in [1.82, 2.24) is 0 Å². The minimum Gasteiger partial charge on any atom is -0.481 e. The van der Waals surface area contributed by atoms with E-state index >= 15 is 0 Å². The molecule has 0 saturated carbocycles. The molecule has 5 atom stereocenters. The number of carboxylic acids is 1. The molecule has 0 saturated heterocycles. The van der Waals surface area contributed by atoms with E-state index in [4.69, 9.17) is 0 Å². The Hall–Kier alpha value is -2.09. The summed E-state index contributed by atoms with van der Waals surface area (Å²) in [5.74, 6) is 0.0934. The van der Waals surface area contributed by atoms with E-state index in [1.165, 1.54) is 11.1 Å². The first-order valence-corrected chi connectivity index (χ1v) is 10.7. The summed E-state index contributed by atoms with van der Waals surface area (Å²) < 4.78 is 0. The van der Waals surface area contributed by atoms with Crippen LogP contribution < -0.4 is 0 Å². The number of rotatable bonds is 6. The van der Waals surface area contributed by atoms with E-state index in [1.54, 1.807) is 0 Å². The van der Waals surface area contributed by atoms with Crippen molar-refractivity contribution in [2.75, 3.05) is 0 Å². The Balaban J connectivity index is 2.23. The number of benzene rings is 1.